The van der Waals surface area contributed by atoms with Crippen molar-refractivity contribution in [2.75, 3.05) is 6.54 Å². The predicted octanol–water partition coefficient (Wildman–Crippen LogP) is 0.143. The van der Waals surface area contributed by atoms with Crippen LogP contribution in [-0.2, 0) is 0 Å². The summed E-state index contributed by atoms with van der Waals surface area (Å²) in [5.41, 5.74) is 5.96. The maximum atomic E-state index is 9.10. The minimum absolute atomic E-state index is 0.418. The first-order chi connectivity index (χ1) is 6.09. The van der Waals surface area contributed by atoms with Crippen molar-refractivity contribution in [2.45, 2.75) is 32.3 Å². The lowest BCUT2D eigenvalue weighted by atomic mass is 9.85. The van der Waals surface area contributed by atoms with E-state index in [0.29, 0.717) is 11.6 Å². The highest BCUT2D eigenvalue weighted by molar-refractivity contribution is 5.00. The van der Waals surface area contributed by atoms with Gasteiger partial charge in [0, 0.05) is 12.7 Å². The lowest BCUT2D eigenvalue weighted by molar-refractivity contribution is 0.208. The van der Waals surface area contributed by atoms with Gasteiger partial charge >= 0.3 is 0 Å². The van der Waals surface area contributed by atoms with Crippen LogP contribution in [0.25, 0.3) is 0 Å². The average Bonchev–Trinajstić information content (AvgIpc) is 1.96. The molecule has 1 saturated carbocycles. The van der Waals surface area contributed by atoms with Crippen LogP contribution in [0.3, 0.4) is 0 Å². The smallest absolute Gasteiger partial charge is 0.0919 e. The molecule has 0 unspecified atom stereocenters. The zero-order valence-electron chi connectivity index (χ0n) is 8.11. The van der Waals surface area contributed by atoms with E-state index in [4.69, 9.17) is 16.7 Å². The van der Waals surface area contributed by atoms with Crippen molar-refractivity contribution in [1.29, 1.82) is 0 Å². The van der Waals surface area contributed by atoms with E-state index in [-0.39, 0.29) is 0 Å². The van der Waals surface area contributed by atoms with Crippen molar-refractivity contribution in [3.8, 4) is 0 Å². The summed E-state index contributed by atoms with van der Waals surface area (Å²) in [6.07, 6.45) is 4.83. The molecule has 0 spiro atoms. The molecular formula is C9H19N3O. The van der Waals surface area contributed by atoms with E-state index < -0.39 is 6.10 Å². The molecule has 1 atom stereocenters. The Morgan fingerprint density at radius 2 is 2.31 bits per heavy atom. The molecule has 13 heavy (non-hydrogen) atoms. The molecule has 0 radical (unpaired) electrons. The van der Waals surface area contributed by atoms with Gasteiger partial charge in [0.05, 0.1) is 11.8 Å². The zero-order chi connectivity index (χ0) is 9.84. The van der Waals surface area contributed by atoms with Gasteiger partial charge < -0.3 is 15.8 Å². The van der Waals surface area contributed by atoms with Crippen molar-refractivity contribution in [3.63, 3.8) is 0 Å². The molecule has 0 heterocycles. The van der Waals surface area contributed by atoms with Gasteiger partial charge in [-0.05, 0) is 25.7 Å². The molecule has 1 fully saturated rings. The minimum Gasteiger partial charge on any atom is -0.399 e. The third-order valence-corrected chi connectivity index (χ3v) is 2.49. The molecule has 1 rings (SSSR count). The van der Waals surface area contributed by atoms with E-state index >= 15 is 0 Å². The fourth-order valence-electron chi connectivity index (χ4n) is 1.33. The van der Waals surface area contributed by atoms with Crippen LogP contribution >= 0.6 is 0 Å². The average molecular weight is 185 g/mol. The van der Waals surface area contributed by atoms with Gasteiger partial charge in [-0.15, -0.1) is 0 Å². The van der Waals surface area contributed by atoms with Gasteiger partial charge in [-0.3, -0.25) is 0 Å². The first-order valence-electron chi connectivity index (χ1n) is 4.76. The van der Waals surface area contributed by atoms with Gasteiger partial charge in [0.15, 0.2) is 0 Å². The fraction of sp³-hybridized carbons (Fsp3) is 0.778. The van der Waals surface area contributed by atoms with Gasteiger partial charge in [0.2, 0.25) is 0 Å². The van der Waals surface area contributed by atoms with Crippen LogP contribution in [0.15, 0.2) is 11.9 Å². The molecule has 1 aliphatic carbocycles. The molecule has 5 N–H and O–H groups in total. The van der Waals surface area contributed by atoms with E-state index in [0.717, 1.165) is 6.54 Å². The topological polar surface area (TPSA) is 75.5 Å². The second-order valence-corrected chi connectivity index (χ2v) is 3.80. The maximum Gasteiger partial charge on any atom is 0.0919 e. The molecule has 1 aliphatic rings. The monoisotopic (exact) mass is 185 g/mol. The number of nitrogens with zero attached hydrogens (tertiary/aromatic N) is 1. The molecule has 76 valence electrons. The van der Waals surface area contributed by atoms with E-state index in [1.165, 1.54) is 19.3 Å². The number of aliphatic hydroxyl groups excluding tert-OH is 1. The van der Waals surface area contributed by atoms with E-state index in [1.807, 2.05) is 0 Å². The number of nitrogens with two attached hydrogens (primary N) is 2. The molecule has 0 bridgehead atoms. The molecular weight excluding hydrogens is 166 g/mol. The Labute approximate surface area is 79.2 Å². The van der Waals surface area contributed by atoms with Crippen molar-refractivity contribution in [3.05, 3.63) is 11.9 Å². The number of hydrogen-bond acceptors (Lipinski definition) is 4. The first kappa shape index (κ1) is 10.3. The molecule has 0 aromatic carbocycles. The summed E-state index contributed by atoms with van der Waals surface area (Å²) >= 11 is 0. The van der Waals surface area contributed by atoms with Crippen LogP contribution in [-0.4, -0.2) is 22.8 Å². The Bertz CT molecular complexity index is 187. The molecule has 0 aromatic heterocycles. The Balaban J connectivity index is 2.29. The van der Waals surface area contributed by atoms with Crippen LogP contribution in [0.2, 0.25) is 0 Å². The zero-order valence-corrected chi connectivity index (χ0v) is 8.11. The van der Waals surface area contributed by atoms with Gasteiger partial charge in [-0.25, -0.2) is 5.84 Å². The second kappa shape index (κ2) is 4.48. The second-order valence-electron chi connectivity index (χ2n) is 3.80. The summed E-state index contributed by atoms with van der Waals surface area (Å²) in [4.78, 5) is 0. The van der Waals surface area contributed by atoms with Crippen LogP contribution in [0.5, 0.6) is 0 Å². The van der Waals surface area contributed by atoms with Crippen molar-refractivity contribution in [1.82, 2.24) is 5.01 Å². The fourth-order valence-corrected chi connectivity index (χ4v) is 1.33. The summed E-state index contributed by atoms with van der Waals surface area (Å²) in [6, 6.07) is 0. The summed E-state index contributed by atoms with van der Waals surface area (Å²) in [5, 5.41) is 10.7. The lowest BCUT2D eigenvalue weighted by Crippen LogP contribution is -2.35. The van der Waals surface area contributed by atoms with Gasteiger partial charge in [0.25, 0.3) is 0 Å². The molecule has 4 nitrogen and oxygen atoms in total. The summed E-state index contributed by atoms with van der Waals surface area (Å²) in [6.45, 7) is 2.47. The van der Waals surface area contributed by atoms with Crippen LogP contribution < -0.4 is 11.6 Å². The quantitative estimate of drug-likeness (QED) is 0.430. The highest BCUT2D eigenvalue weighted by Gasteiger charge is 2.18. The largest absolute Gasteiger partial charge is 0.399 e. The van der Waals surface area contributed by atoms with E-state index in [1.54, 1.807) is 18.1 Å². The van der Waals surface area contributed by atoms with Gasteiger partial charge in [0.1, 0.15) is 0 Å². The van der Waals surface area contributed by atoms with Crippen LogP contribution in [0.4, 0.5) is 0 Å². The van der Waals surface area contributed by atoms with Crippen LogP contribution in [0.1, 0.15) is 26.2 Å². The van der Waals surface area contributed by atoms with E-state index in [2.05, 4.69) is 0 Å². The summed E-state index contributed by atoms with van der Waals surface area (Å²) in [5.74, 6) is 6.40. The minimum atomic E-state index is -0.618. The molecule has 0 amide bonds. The Morgan fingerprint density at radius 1 is 1.69 bits per heavy atom. The highest BCUT2D eigenvalue weighted by atomic mass is 16.3. The normalized spacial score (nSPS) is 21.0. The number of hydrazine groups is 1. The number of rotatable bonds is 4. The highest BCUT2D eigenvalue weighted by Crippen LogP contribution is 2.26. The Morgan fingerprint density at radius 3 is 2.69 bits per heavy atom. The van der Waals surface area contributed by atoms with Crippen molar-refractivity contribution in [2.24, 2.45) is 17.5 Å². The number of hydrogen-bond donors (Lipinski definition) is 3. The van der Waals surface area contributed by atoms with Crippen LogP contribution in [0, 0.1) is 5.92 Å². The molecule has 0 saturated heterocycles. The number of aliphatic hydroxyl groups is 1. The molecule has 4 heteroatoms. The van der Waals surface area contributed by atoms with E-state index in [9.17, 15) is 0 Å². The predicted molar refractivity (Wildman–Crippen MR) is 52.2 cm³/mol. The molecule has 0 aliphatic heterocycles. The molecule has 0 aromatic rings. The van der Waals surface area contributed by atoms with Crippen molar-refractivity contribution >= 4 is 0 Å². The van der Waals surface area contributed by atoms with Gasteiger partial charge in [-0.2, -0.15) is 0 Å². The standard InChI is InChI=1S/C9H19N3O/c1-7(13)9(10)6-12(11)5-8-3-2-4-8/h6-8,13H,2-5,10-11H2,1H3/b9-6-/t7-/m0/s1. The Kier molecular flexibility index (Phi) is 3.57. The maximum absolute atomic E-state index is 9.10. The Hall–Kier alpha value is -0.740. The summed E-state index contributed by atoms with van der Waals surface area (Å²) in [7, 11) is 0. The SMILES string of the molecule is C[C@H](O)/C(N)=C/N(N)CC1CCC1. The summed E-state index contributed by atoms with van der Waals surface area (Å²) < 4.78 is 0. The van der Waals surface area contributed by atoms with Gasteiger partial charge in [-0.1, -0.05) is 6.42 Å². The third-order valence-electron chi connectivity index (χ3n) is 2.49. The first-order valence-corrected chi connectivity index (χ1v) is 4.76. The lowest BCUT2D eigenvalue weighted by Gasteiger charge is -2.29. The van der Waals surface area contributed by atoms with Crippen molar-refractivity contribution < 1.29 is 5.11 Å². The third kappa shape index (κ3) is 3.24.